The topological polar surface area (TPSA) is 24.1 Å². The van der Waals surface area contributed by atoms with E-state index in [1.807, 2.05) is 11.8 Å². The van der Waals surface area contributed by atoms with Gasteiger partial charge in [-0.2, -0.15) is 12.6 Å². The highest BCUT2D eigenvalue weighted by Gasteiger charge is 2.18. The zero-order valence-corrected chi connectivity index (χ0v) is 16.2. The average Bonchev–Trinajstić information content (AvgIpc) is 2.43. The second-order valence-corrected chi connectivity index (χ2v) is 9.64. The molecule has 124 valence electrons. The Balaban J connectivity index is 2.61. The first kappa shape index (κ1) is 19.3. The fourth-order valence-electron chi connectivity index (χ4n) is 1.83. The molecule has 0 aliphatic rings. The lowest BCUT2D eigenvalue weighted by molar-refractivity contribution is 0.748. The molecule has 1 aromatic carbocycles. The van der Waals surface area contributed by atoms with Gasteiger partial charge in [0.05, 0.1) is 11.4 Å². The zero-order valence-electron chi connectivity index (χ0n) is 14.4. The van der Waals surface area contributed by atoms with Crippen molar-refractivity contribution in [1.82, 2.24) is 0 Å². The summed E-state index contributed by atoms with van der Waals surface area (Å²) < 4.78 is 0.157. The molecule has 0 aliphatic heterocycles. The molecule has 0 heterocycles. The number of anilines is 2. The van der Waals surface area contributed by atoms with Gasteiger partial charge in [0.15, 0.2) is 0 Å². The molecule has 0 aromatic heterocycles. The number of rotatable bonds is 9. The lowest BCUT2D eigenvalue weighted by Gasteiger charge is -2.26. The molecule has 0 saturated carbocycles. The zero-order chi connectivity index (χ0) is 16.6. The van der Waals surface area contributed by atoms with Crippen LogP contribution in [0.15, 0.2) is 36.4 Å². The molecule has 1 aromatic rings. The smallest absolute Gasteiger partial charge is 0.0576 e. The van der Waals surface area contributed by atoms with Crippen LogP contribution in [0.2, 0.25) is 0 Å². The maximum Gasteiger partial charge on any atom is 0.0576 e. The van der Waals surface area contributed by atoms with Crippen LogP contribution in [-0.2, 0) is 0 Å². The van der Waals surface area contributed by atoms with Gasteiger partial charge in [-0.1, -0.05) is 24.3 Å². The highest BCUT2D eigenvalue weighted by molar-refractivity contribution is 8.00. The third-order valence-corrected chi connectivity index (χ3v) is 4.59. The molecule has 0 fully saturated rings. The van der Waals surface area contributed by atoms with Crippen LogP contribution in [-0.4, -0.2) is 28.3 Å². The van der Waals surface area contributed by atoms with E-state index in [-0.39, 0.29) is 9.49 Å². The van der Waals surface area contributed by atoms with E-state index in [1.54, 1.807) is 0 Å². The molecule has 0 saturated heterocycles. The van der Waals surface area contributed by atoms with Gasteiger partial charge < -0.3 is 10.6 Å². The maximum atomic E-state index is 4.57. The lowest BCUT2D eigenvalue weighted by Crippen LogP contribution is -2.28. The van der Waals surface area contributed by atoms with E-state index in [0.717, 1.165) is 30.2 Å². The Labute approximate surface area is 145 Å². The van der Waals surface area contributed by atoms with E-state index < -0.39 is 0 Å². The van der Waals surface area contributed by atoms with Gasteiger partial charge in [0.2, 0.25) is 0 Å². The van der Waals surface area contributed by atoms with E-state index in [4.69, 9.17) is 0 Å². The minimum atomic E-state index is -0.0330. The van der Waals surface area contributed by atoms with Crippen molar-refractivity contribution < 1.29 is 0 Å². The van der Waals surface area contributed by atoms with Crippen molar-refractivity contribution in [3.05, 3.63) is 36.4 Å². The van der Waals surface area contributed by atoms with Crippen LogP contribution in [0.25, 0.3) is 0 Å². The van der Waals surface area contributed by atoms with Crippen LogP contribution in [0.3, 0.4) is 0 Å². The standard InChI is InChI=1S/C18H30N2S2/c1-6-7-12-22-18(4,5)14-20-16-11-9-8-10-15(16)19-13-17(2,3)21/h6-11,19-21H,12-14H2,1-5H3/b7-6+. The van der Waals surface area contributed by atoms with Gasteiger partial charge in [-0.15, -0.1) is 11.8 Å². The van der Waals surface area contributed by atoms with Crippen molar-refractivity contribution in [3.63, 3.8) is 0 Å². The van der Waals surface area contributed by atoms with Crippen molar-refractivity contribution in [2.45, 2.75) is 44.1 Å². The maximum absolute atomic E-state index is 4.57. The number of thioether (sulfide) groups is 1. The second-order valence-electron chi connectivity index (χ2n) is 6.70. The van der Waals surface area contributed by atoms with Gasteiger partial charge in [0.1, 0.15) is 0 Å². The number of hydrogen-bond acceptors (Lipinski definition) is 4. The van der Waals surface area contributed by atoms with E-state index >= 15 is 0 Å². The predicted molar refractivity (Wildman–Crippen MR) is 108 cm³/mol. The van der Waals surface area contributed by atoms with Crippen LogP contribution in [0, 0.1) is 0 Å². The SMILES string of the molecule is C/C=C/CSC(C)(C)CNc1ccccc1NCC(C)(C)S. The highest BCUT2D eigenvalue weighted by atomic mass is 32.2. The third-order valence-electron chi connectivity index (χ3n) is 3.15. The number of allylic oxidation sites excluding steroid dienone is 1. The summed E-state index contributed by atoms with van der Waals surface area (Å²) in [6.45, 7) is 12.6. The quantitative estimate of drug-likeness (QED) is 0.420. The molecule has 2 N–H and O–H groups in total. The monoisotopic (exact) mass is 338 g/mol. The first-order valence-corrected chi connectivity index (χ1v) is 9.21. The number of benzene rings is 1. The van der Waals surface area contributed by atoms with Crippen LogP contribution in [0.4, 0.5) is 11.4 Å². The Hall–Kier alpha value is -0.740. The van der Waals surface area contributed by atoms with E-state index in [9.17, 15) is 0 Å². The molecular formula is C18H30N2S2. The van der Waals surface area contributed by atoms with Crippen molar-refractivity contribution in [2.75, 3.05) is 29.5 Å². The minimum Gasteiger partial charge on any atom is -0.382 e. The third kappa shape index (κ3) is 8.04. The minimum absolute atomic E-state index is 0.0330. The predicted octanol–water partition coefficient (Wildman–Crippen LogP) is 5.31. The first-order chi connectivity index (χ1) is 10.2. The molecule has 4 heteroatoms. The van der Waals surface area contributed by atoms with Crippen LogP contribution in [0.5, 0.6) is 0 Å². The van der Waals surface area contributed by atoms with Gasteiger partial charge in [0.25, 0.3) is 0 Å². The molecule has 0 radical (unpaired) electrons. The first-order valence-electron chi connectivity index (χ1n) is 7.78. The van der Waals surface area contributed by atoms with E-state index in [2.05, 4.69) is 94.3 Å². The summed E-state index contributed by atoms with van der Waals surface area (Å²) in [4.78, 5) is 0. The summed E-state index contributed by atoms with van der Waals surface area (Å²) in [7, 11) is 0. The second kappa shape index (κ2) is 8.78. The van der Waals surface area contributed by atoms with Crippen LogP contribution in [0.1, 0.15) is 34.6 Å². The van der Waals surface area contributed by atoms with Gasteiger partial charge in [-0.05, 0) is 46.8 Å². The van der Waals surface area contributed by atoms with Crippen molar-refractivity contribution in [3.8, 4) is 0 Å². The summed E-state index contributed by atoms with van der Waals surface area (Å²) in [5, 5.41) is 7.07. The normalized spacial score (nSPS) is 12.6. The number of para-hydroxylation sites is 2. The number of nitrogens with one attached hydrogen (secondary N) is 2. The molecule has 1 rings (SSSR count). The fraction of sp³-hybridized carbons (Fsp3) is 0.556. The largest absolute Gasteiger partial charge is 0.382 e. The Morgan fingerprint density at radius 3 is 2.09 bits per heavy atom. The average molecular weight is 339 g/mol. The Morgan fingerprint density at radius 2 is 1.59 bits per heavy atom. The van der Waals surface area contributed by atoms with Crippen LogP contribution < -0.4 is 10.6 Å². The summed E-state index contributed by atoms with van der Waals surface area (Å²) in [6, 6.07) is 8.37. The van der Waals surface area contributed by atoms with E-state index in [0.29, 0.717) is 0 Å². The lowest BCUT2D eigenvalue weighted by atomic mass is 10.1. The van der Waals surface area contributed by atoms with Crippen molar-refractivity contribution >= 4 is 35.8 Å². The number of hydrogen-bond donors (Lipinski definition) is 3. The highest BCUT2D eigenvalue weighted by Crippen LogP contribution is 2.28. The molecule has 2 nitrogen and oxygen atoms in total. The van der Waals surface area contributed by atoms with E-state index in [1.165, 1.54) is 0 Å². The molecule has 0 amide bonds. The summed E-state index contributed by atoms with van der Waals surface area (Å²) in [6.07, 6.45) is 4.31. The van der Waals surface area contributed by atoms with Crippen LogP contribution >= 0.6 is 24.4 Å². The van der Waals surface area contributed by atoms with Crippen molar-refractivity contribution in [1.29, 1.82) is 0 Å². The Morgan fingerprint density at radius 1 is 1.05 bits per heavy atom. The summed E-state index contributed by atoms with van der Waals surface area (Å²) in [5.41, 5.74) is 2.29. The molecule has 0 spiro atoms. The molecule has 22 heavy (non-hydrogen) atoms. The Bertz CT molecular complexity index is 476. The molecule has 0 aliphatic carbocycles. The summed E-state index contributed by atoms with van der Waals surface area (Å²) in [5.74, 6) is 1.05. The molecular weight excluding hydrogens is 308 g/mol. The number of thiol groups is 1. The molecule has 0 unspecified atom stereocenters. The van der Waals surface area contributed by atoms with Crippen molar-refractivity contribution in [2.24, 2.45) is 0 Å². The molecule has 0 atom stereocenters. The molecule has 0 bridgehead atoms. The summed E-state index contributed by atoms with van der Waals surface area (Å²) >= 11 is 6.54. The van der Waals surface area contributed by atoms with Gasteiger partial charge in [-0.25, -0.2) is 0 Å². The van der Waals surface area contributed by atoms with Gasteiger partial charge >= 0.3 is 0 Å². The fourth-order valence-corrected chi connectivity index (χ4v) is 2.83. The van der Waals surface area contributed by atoms with Gasteiger partial charge in [-0.3, -0.25) is 0 Å². The Kier molecular flexibility index (Phi) is 7.70. The van der Waals surface area contributed by atoms with Gasteiger partial charge in [0, 0.05) is 28.3 Å².